The van der Waals surface area contributed by atoms with E-state index in [1.807, 2.05) is 27.7 Å². The Balaban J connectivity index is 2.05. The smallest absolute Gasteiger partial charge is 0.407 e. The molecule has 1 rings (SSSR count). The number of alkyl carbamates (subject to hydrolysis) is 1. The Morgan fingerprint density at radius 3 is 2.71 bits per heavy atom. The van der Waals surface area contributed by atoms with Crippen LogP contribution in [0.4, 0.5) is 4.79 Å². The van der Waals surface area contributed by atoms with Crippen LogP contribution in [0, 0.1) is 0 Å². The van der Waals surface area contributed by atoms with Gasteiger partial charge in [-0.1, -0.05) is 25.1 Å². The lowest BCUT2D eigenvalue weighted by Crippen LogP contribution is -2.32. The van der Waals surface area contributed by atoms with Crippen molar-refractivity contribution in [2.75, 3.05) is 12.3 Å². The molecule has 1 aromatic heterocycles. The number of amides is 1. The molecule has 0 saturated carbocycles. The van der Waals surface area contributed by atoms with Crippen LogP contribution in [0.1, 0.15) is 52.8 Å². The molecule has 0 spiro atoms. The van der Waals surface area contributed by atoms with E-state index in [0.717, 1.165) is 31.4 Å². The molecule has 0 aliphatic carbocycles. The van der Waals surface area contributed by atoms with Gasteiger partial charge in [0.15, 0.2) is 0 Å². The summed E-state index contributed by atoms with van der Waals surface area (Å²) >= 11 is 1.55. The summed E-state index contributed by atoms with van der Waals surface area (Å²) in [6.07, 6.45) is 3.29. The SMILES string of the molecule is CCSc1nnc(CCCCCNC(=O)OC(C)(C)C)o1. The van der Waals surface area contributed by atoms with E-state index in [4.69, 9.17) is 9.15 Å². The third kappa shape index (κ3) is 8.60. The van der Waals surface area contributed by atoms with Crippen molar-refractivity contribution in [1.82, 2.24) is 15.5 Å². The number of hydrogen-bond donors (Lipinski definition) is 1. The number of carbonyl (C=O) groups is 1. The summed E-state index contributed by atoms with van der Waals surface area (Å²) in [5, 5.41) is 11.3. The summed E-state index contributed by atoms with van der Waals surface area (Å²) in [5.74, 6) is 1.61. The molecule has 0 aromatic carbocycles. The van der Waals surface area contributed by atoms with Crippen LogP contribution >= 0.6 is 11.8 Å². The third-order valence-corrected chi connectivity index (χ3v) is 3.15. The molecule has 0 aliphatic rings. The minimum absolute atomic E-state index is 0.361. The number of rotatable bonds is 8. The van der Waals surface area contributed by atoms with Gasteiger partial charge in [-0.3, -0.25) is 0 Å². The van der Waals surface area contributed by atoms with Crippen molar-refractivity contribution in [3.8, 4) is 0 Å². The first-order chi connectivity index (χ1) is 9.90. The number of thioether (sulfide) groups is 1. The van der Waals surface area contributed by atoms with Crippen LogP contribution in [-0.2, 0) is 11.2 Å². The normalized spacial score (nSPS) is 11.4. The highest BCUT2D eigenvalue weighted by Crippen LogP contribution is 2.16. The van der Waals surface area contributed by atoms with Crippen LogP contribution < -0.4 is 5.32 Å². The first-order valence-corrected chi connectivity index (χ1v) is 8.31. The summed E-state index contributed by atoms with van der Waals surface area (Å²) in [6, 6.07) is 0. The first-order valence-electron chi connectivity index (χ1n) is 7.32. The number of aryl methyl sites for hydroxylation is 1. The van der Waals surface area contributed by atoms with Crippen molar-refractivity contribution in [2.45, 2.75) is 64.2 Å². The standard InChI is InChI=1S/C14H25N3O3S/c1-5-21-13-17-16-11(19-13)9-7-6-8-10-15-12(18)20-14(2,3)4/h5-10H2,1-4H3,(H,15,18). The second-order valence-corrected chi connectivity index (χ2v) is 6.85. The van der Waals surface area contributed by atoms with Crippen LogP contribution in [-0.4, -0.2) is 34.2 Å². The molecule has 1 aromatic rings. The van der Waals surface area contributed by atoms with Gasteiger partial charge >= 0.3 is 6.09 Å². The Labute approximate surface area is 130 Å². The number of nitrogens with one attached hydrogen (secondary N) is 1. The molecule has 1 heterocycles. The summed E-state index contributed by atoms with van der Waals surface area (Å²) in [7, 11) is 0. The van der Waals surface area contributed by atoms with E-state index < -0.39 is 5.60 Å². The maximum atomic E-state index is 11.4. The Morgan fingerprint density at radius 1 is 1.29 bits per heavy atom. The fourth-order valence-corrected chi connectivity index (χ4v) is 2.10. The van der Waals surface area contributed by atoms with Crippen molar-refractivity contribution >= 4 is 17.9 Å². The predicted molar refractivity (Wildman–Crippen MR) is 82.5 cm³/mol. The second-order valence-electron chi connectivity index (χ2n) is 5.63. The lowest BCUT2D eigenvalue weighted by atomic mass is 10.2. The van der Waals surface area contributed by atoms with Crippen molar-refractivity contribution in [1.29, 1.82) is 0 Å². The second kappa shape index (κ2) is 8.92. The number of unbranched alkanes of at least 4 members (excludes halogenated alkanes) is 2. The summed E-state index contributed by atoms with van der Waals surface area (Å²) in [6.45, 7) is 8.22. The molecule has 1 N–H and O–H groups in total. The van der Waals surface area contributed by atoms with Gasteiger partial charge in [0, 0.05) is 13.0 Å². The van der Waals surface area contributed by atoms with Crippen LogP contribution in [0.15, 0.2) is 9.64 Å². The fraction of sp³-hybridized carbons (Fsp3) is 0.786. The number of carbonyl (C=O) groups excluding carboxylic acids is 1. The van der Waals surface area contributed by atoms with E-state index >= 15 is 0 Å². The molecule has 6 nitrogen and oxygen atoms in total. The number of aromatic nitrogens is 2. The zero-order valence-electron chi connectivity index (χ0n) is 13.3. The van der Waals surface area contributed by atoms with E-state index in [1.165, 1.54) is 0 Å². The molecule has 0 atom stereocenters. The molecule has 0 aliphatic heterocycles. The topological polar surface area (TPSA) is 77.2 Å². The van der Waals surface area contributed by atoms with Gasteiger partial charge in [-0.2, -0.15) is 0 Å². The maximum Gasteiger partial charge on any atom is 0.407 e. The van der Waals surface area contributed by atoms with Crippen LogP contribution in [0.3, 0.4) is 0 Å². The monoisotopic (exact) mass is 315 g/mol. The van der Waals surface area contributed by atoms with Gasteiger partial charge in [-0.25, -0.2) is 4.79 Å². The van der Waals surface area contributed by atoms with Gasteiger partial charge in [0.1, 0.15) is 5.60 Å². The predicted octanol–water partition coefficient (Wildman–Crippen LogP) is 3.42. The number of ether oxygens (including phenoxy) is 1. The molecular weight excluding hydrogens is 290 g/mol. The molecule has 1 amide bonds. The molecule has 7 heteroatoms. The van der Waals surface area contributed by atoms with Crippen LogP contribution in [0.25, 0.3) is 0 Å². The minimum Gasteiger partial charge on any atom is -0.444 e. The average Bonchev–Trinajstić information content (AvgIpc) is 2.79. The van der Waals surface area contributed by atoms with E-state index in [9.17, 15) is 4.79 Å². The molecule has 0 bridgehead atoms. The van der Waals surface area contributed by atoms with Gasteiger partial charge in [-0.15, -0.1) is 10.2 Å². The molecule has 0 fully saturated rings. The minimum atomic E-state index is -0.448. The van der Waals surface area contributed by atoms with E-state index in [0.29, 0.717) is 17.7 Å². The highest BCUT2D eigenvalue weighted by Gasteiger charge is 2.15. The Kier molecular flexibility index (Phi) is 7.56. The van der Waals surface area contributed by atoms with Crippen molar-refractivity contribution in [3.63, 3.8) is 0 Å². The van der Waals surface area contributed by atoms with Gasteiger partial charge in [0.25, 0.3) is 5.22 Å². The van der Waals surface area contributed by atoms with Crippen LogP contribution in [0.2, 0.25) is 0 Å². The lowest BCUT2D eigenvalue weighted by molar-refractivity contribution is 0.0527. The highest BCUT2D eigenvalue weighted by atomic mass is 32.2. The highest BCUT2D eigenvalue weighted by molar-refractivity contribution is 7.99. The van der Waals surface area contributed by atoms with Gasteiger partial charge in [-0.05, 0) is 39.4 Å². The van der Waals surface area contributed by atoms with E-state index in [-0.39, 0.29) is 6.09 Å². The molecule has 0 unspecified atom stereocenters. The Hall–Kier alpha value is -1.24. The van der Waals surface area contributed by atoms with Crippen molar-refractivity contribution in [3.05, 3.63) is 5.89 Å². The molecule has 0 radical (unpaired) electrons. The summed E-state index contributed by atoms with van der Waals surface area (Å²) in [5.41, 5.74) is -0.448. The van der Waals surface area contributed by atoms with Gasteiger partial charge in [0.2, 0.25) is 5.89 Å². The zero-order chi connectivity index (χ0) is 15.7. The Morgan fingerprint density at radius 2 is 2.05 bits per heavy atom. The average molecular weight is 315 g/mol. The number of nitrogens with zero attached hydrogens (tertiary/aromatic N) is 2. The first kappa shape index (κ1) is 17.8. The maximum absolute atomic E-state index is 11.4. The van der Waals surface area contributed by atoms with Crippen molar-refractivity contribution < 1.29 is 13.9 Å². The summed E-state index contributed by atoms with van der Waals surface area (Å²) in [4.78, 5) is 11.4. The third-order valence-electron chi connectivity index (χ3n) is 2.45. The van der Waals surface area contributed by atoms with Gasteiger partial charge < -0.3 is 14.5 Å². The van der Waals surface area contributed by atoms with E-state index in [1.54, 1.807) is 11.8 Å². The quantitative estimate of drug-likeness (QED) is 0.585. The summed E-state index contributed by atoms with van der Waals surface area (Å²) < 4.78 is 10.6. The number of hydrogen-bond acceptors (Lipinski definition) is 6. The largest absolute Gasteiger partial charge is 0.444 e. The lowest BCUT2D eigenvalue weighted by Gasteiger charge is -2.19. The molecule has 21 heavy (non-hydrogen) atoms. The molecule has 120 valence electrons. The van der Waals surface area contributed by atoms with Gasteiger partial charge in [0.05, 0.1) is 0 Å². The molecular formula is C14H25N3O3S. The molecule has 0 saturated heterocycles. The Bertz CT molecular complexity index is 429. The van der Waals surface area contributed by atoms with Crippen molar-refractivity contribution in [2.24, 2.45) is 0 Å². The zero-order valence-corrected chi connectivity index (χ0v) is 14.1. The van der Waals surface area contributed by atoms with Crippen LogP contribution in [0.5, 0.6) is 0 Å². The van der Waals surface area contributed by atoms with E-state index in [2.05, 4.69) is 15.5 Å². The fourth-order valence-electron chi connectivity index (χ4n) is 1.60.